The number of carboxylic acids is 1. The molecule has 42 heavy (non-hydrogen) atoms. The van der Waals surface area contributed by atoms with Crippen molar-refractivity contribution in [2.24, 2.45) is 4.99 Å². The number of aliphatic hydroxyl groups is 1. The largest absolute Gasteiger partial charge is 0.504 e. The van der Waals surface area contributed by atoms with Gasteiger partial charge in [0.25, 0.3) is 11.8 Å². The van der Waals surface area contributed by atoms with Crippen LogP contribution >= 0.6 is 23.2 Å². The van der Waals surface area contributed by atoms with Crippen LogP contribution in [0.5, 0.6) is 5.75 Å². The van der Waals surface area contributed by atoms with E-state index < -0.39 is 24.0 Å². The van der Waals surface area contributed by atoms with Gasteiger partial charge in [-0.15, -0.1) is 0 Å². The molecule has 13 nitrogen and oxygen atoms in total. The van der Waals surface area contributed by atoms with E-state index in [0.29, 0.717) is 49.6 Å². The van der Waals surface area contributed by atoms with E-state index in [9.17, 15) is 29.7 Å². The topological polar surface area (TPSA) is 172 Å². The molecular weight excluding hydrogens is 589 g/mol. The molecule has 2 atom stereocenters. The van der Waals surface area contributed by atoms with E-state index in [-0.39, 0.29) is 51.7 Å². The highest BCUT2D eigenvalue weighted by Crippen LogP contribution is 2.35. The molecule has 0 aliphatic carbocycles. The van der Waals surface area contributed by atoms with Crippen molar-refractivity contribution >= 4 is 52.6 Å². The Labute approximate surface area is 250 Å². The van der Waals surface area contributed by atoms with Crippen molar-refractivity contribution in [3.05, 3.63) is 63.0 Å². The summed E-state index contributed by atoms with van der Waals surface area (Å²) in [6.45, 7) is 1.23. The number of aliphatic carboxylic acids is 1. The number of hydrogen-bond acceptors (Lipinski definition) is 7. The molecule has 0 bridgehead atoms. The number of fused-ring (bicyclic) bond motifs is 2. The number of β-amino-alcohol motifs (C(OH)–C–C–N with tert-alkyl or cyclic N) is 1. The van der Waals surface area contributed by atoms with Crippen LogP contribution in [-0.4, -0.2) is 104 Å². The quantitative estimate of drug-likeness (QED) is 0.202. The normalized spacial score (nSPS) is 17.7. The number of aliphatic imine (C=N–C) groups is 1. The summed E-state index contributed by atoms with van der Waals surface area (Å²) >= 11 is 13.1. The first kappa shape index (κ1) is 29.4. The van der Waals surface area contributed by atoms with Crippen molar-refractivity contribution in [1.82, 2.24) is 29.8 Å². The minimum absolute atomic E-state index is 0.0159. The summed E-state index contributed by atoms with van der Waals surface area (Å²) in [5.74, 6) is -2.00. The number of aromatic nitrogens is 2. The number of rotatable bonds is 6. The van der Waals surface area contributed by atoms with Crippen LogP contribution < -0.4 is 10.6 Å². The van der Waals surface area contributed by atoms with Gasteiger partial charge < -0.3 is 40.2 Å². The zero-order chi connectivity index (χ0) is 30.1. The van der Waals surface area contributed by atoms with Crippen molar-refractivity contribution in [3.63, 3.8) is 0 Å². The fourth-order valence-corrected chi connectivity index (χ4v) is 5.95. The summed E-state index contributed by atoms with van der Waals surface area (Å²) < 4.78 is 1.56. The number of nitrogens with one attached hydrogen (secondary N) is 2. The molecule has 1 saturated heterocycles. The average Bonchev–Trinajstić information content (AvgIpc) is 3.59. The predicted octanol–water partition coefficient (Wildman–Crippen LogP) is 1.37. The van der Waals surface area contributed by atoms with Crippen LogP contribution in [0.2, 0.25) is 10.0 Å². The molecular formula is C27H29Cl2N7O6. The number of pyridine rings is 1. The van der Waals surface area contributed by atoms with Gasteiger partial charge in [-0.3, -0.25) is 14.6 Å². The van der Waals surface area contributed by atoms with E-state index >= 15 is 0 Å². The van der Waals surface area contributed by atoms with Gasteiger partial charge in [-0.2, -0.15) is 0 Å². The number of amides is 2. The molecule has 5 N–H and O–H groups in total. The zero-order valence-electron chi connectivity index (χ0n) is 22.5. The number of nitrogens with zero attached hydrogens (tertiary/aromatic N) is 5. The maximum atomic E-state index is 13.2. The Hall–Kier alpha value is -4.07. The Morgan fingerprint density at radius 1 is 1.24 bits per heavy atom. The number of benzene rings is 1. The summed E-state index contributed by atoms with van der Waals surface area (Å²) in [6.07, 6.45) is 3.63. The lowest BCUT2D eigenvalue weighted by Gasteiger charge is -2.30. The van der Waals surface area contributed by atoms with Crippen molar-refractivity contribution in [1.29, 1.82) is 0 Å². The van der Waals surface area contributed by atoms with Crippen LogP contribution in [0.3, 0.4) is 0 Å². The maximum Gasteiger partial charge on any atom is 0.328 e. The summed E-state index contributed by atoms with van der Waals surface area (Å²) in [5.41, 5.74) is 1.68. The summed E-state index contributed by atoms with van der Waals surface area (Å²) in [7, 11) is 1.55. The molecule has 0 unspecified atom stereocenters. The van der Waals surface area contributed by atoms with E-state index in [0.717, 1.165) is 0 Å². The highest BCUT2D eigenvalue weighted by atomic mass is 35.5. The van der Waals surface area contributed by atoms with Crippen LogP contribution in [-0.2, 0) is 17.8 Å². The van der Waals surface area contributed by atoms with Crippen molar-refractivity contribution in [3.8, 4) is 5.75 Å². The van der Waals surface area contributed by atoms with Gasteiger partial charge in [-0.25, -0.2) is 9.78 Å². The third-order valence-corrected chi connectivity index (χ3v) is 8.06. The number of carboxylic acid groups (broad SMARTS) is 1. The molecule has 3 aromatic rings. The first-order valence-electron chi connectivity index (χ1n) is 13.2. The number of aliphatic hydroxyl groups excluding tert-OH is 1. The molecule has 2 aliphatic rings. The molecule has 0 radical (unpaired) electrons. The zero-order valence-corrected chi connectivity index (χ0v) is 24.1. The number of carbonyl (C=O) groups excluding carboxylic acids is 2. The van der Waals surface area contributed by atoms with Gasteiger partial charge in [0, 0.05) is 52.2 Å². The summed E-state index contributed by atoms with van der Waals surface area (Å²) in [4.78, 5) is 50.2. The average molecular weight is 618 g/mol. The molecule has 2 amide bonds. The number of likely N-dealkylation sites (tertiary alicyclic amines) is 1. The number of carbonyl (C=O) groups is 3. The molecule has 5 rings (SSSR count). The molecule has 0 saturated carbocycles. The van der Waals surface area contributed by atoms with Crippen molar-refractivity contribution < 1.29 is 29.7 Å². The van der Waals surface area contributed by atoms with Crippen LogP contribution in [0, 0.1) is 0 Å². The Bertz CT molecular complexity index is 1590. The molecule has 222 valence electrons. The van der Waals surface area contributed by atoms with E-state index in [1.165, 1.54) is 12.3 Å². The Balaban J connectivity index is 1.29. The highest BCUT2D eigenvalue weighted by molar-refractivity contribution is 6.40. The fourth-order valence-electron chi connectivity index (χ4n) is 5.19. The predicted molar refractivity (Wildman–Crippen MR) is 154 cm³/mol. The third-order valence-electron chi connectivity index (χ3n) is 7.34. The molecule has 2 aliphatic heterocycles. The van der Waals surface area contributed by atoms with Crippen LogP contribution in [0.25, 0.3) is 5.65 Å². The van der Waals surface area contributed by atoms with Gasteiger partial charge in [-0.1, -0.05) is 23.2 Å². The van der Waals surface area contributed by atoms with E-state index in [1.807, 2.05) is 0 Å². The minimum Gasteiger partial charge on any atom is -0.504 e. The van der Waals surface area contributed by atoms with Crippen LogP contribution in [0.1, 0.15) is 38.4 Å². The standard InChI is InChI=1S/C27H29Cl2N7O6/c1-30-27(36-7-4-15(37)12-36)31-10-18(26(41)42)33-24(39)21-17(28)9-14-11-35(8-5-16(14)22(21)29)25(40)19-13-34-6-2-3-20(38)23(34)32-19/h2-3,6,9,13,15,18,37-38H,4-5,7-8,10-12H2,1H3,(H,30,31)(H,33,39)(H,41,42)/t15-,18-/m0/s1. The van der Waals surface area contributed by atoms with Gasteiger partial charge in [0.1, 0.15) is 11.7 Å². The number of guanidine groups is 1. The second kappa shape index (κ2) is 12.0. The maximum absolute atomic E-state index is 13.2. The Kier molecular flexibility index (Phi) is 8.43. The van der Waals surface area contributed by atoms with Crippen molar-refractivity contribution in [2.45, 2.75) is 31.5 Å². The Morgan fingerprint density at radius 3 is 2.69 bits per heavy atom. The third kappa shape index (κ3) is 5.80. The van der Waals surface area contributed by atoms with E-state index in [1.54, 1.807) is 39.6 Å². The first-order chi connectivity index (χ1) is 20.1. The molecule has 0 spiro atoms. The first-order valence-corrected chi connectivity index (χ1v) is 14.0. The highest BCUT2D eigenvalue weighted by Gasteiger charge is 2.31. The molecule has 2 aromatic heterocycles. The smallest absolute Gasteiger partial charge is 0.328 e. The fraction of sp³-hybridized carbons (Fsp3) is 0.370. The van der Waals surface area contributed by atoms with E-state index in [2.05, 4.69) is 20.6 Å². The lowest BCUT2D eigenvalue weighted by atomic mass is 9.96. The van der Waals surface area contributed by atoms with Gasteiger partial charge >= 0.3 is 5.97 Å². The Morgan fingerprint density at radius 2 is 2.02 bits per heavy atom. The SMILES string of the molecule is CN=C(NC[C@H](NC(=O)c1c(Cl)cc2c(c1Cl)CCN(C(=O)c1cn3cccc(O)c3n1)C2)C(=O)O)N1CC[C@H](O)C1. The number of imidazole rings is 1. The molecule has 1 aromatic carbocycles. The number of aromatic hydroxyl groups is 1. The van der Waals surface area contributed by atoms with Gasteiger partial charge in [-0.05, 0) is 42.2 Å². The van der Waals surface area contributed by atoms with Gasteiger partial charge in [0.15, 0.2) is 17.4 Å². The molecule has 1 fully saturated rings. The minimum atomic E-state index is -1.33. The molecule has 4 heterocycles. The summed E-state index contributed by atoms with van der Waals surface area (Å²) in [5, 5.41) is 35.1. The van der Waals surface area contributed by atoms with Crippen molar-refractivity contribution in [2.75, 3.05) is 33.2 Å². The van der Waals surface area contributed by atoms with E-state index in [4.69, 9.17) is 23.2 Å². The van der Waals surface area contributed by atoms with Gasteiger partial charge in [0.05, 0.1) is 21.7 Å². The second-order valence-electron chi connectivity index (χ2n) is 10.1. The van der Waals surface area contributed by atoms with Crippen LogP contribution in [0.15, 0.2) is 35.6 Å². The van der Waals surface area contributed by atoms with Crippen LogP contribution in [0.4, 0.5) is 0 Å². The molecule has 15 heteroatoms. The second-order valence-corrected chi connectivity index (χ2v) is 10.9. The lowest BCUT2D eigenvalue weighted by molar-refractivity contribution is -0.139. The number of hydrogen-bond donors (Lipinski definition) is 5. The number of halogens is 2. The lowest BCUT2D eigenvalue weighted by Crippen LogP contribution is -2.51. The monoisotopic (exact) mass is 617 g/mol. The summed E-state index contributed by atoms with van der Waals surface area (Å²) in [6, 6.07) is 3.35. The van der Waals surface area contributed by atoms with Gasteiger partial charge in [0.2, 0.25) is 0 Å².